The average molecular weight is 373 g/mol. The summed E-state index contributed by atoms with van der Waals surface area (Å²) < 4.78 is 29.2. The summed E-state index contributed by atoms with van der Waals surface area (Å²) in [6, 6.07) is 2.52. The molecule has 0 bridgehead atoms. The molecule has 1 aromatic carbocycles. The van der Waals surface area contributed by atoms with Crippen LogP contribution in [0.15, 0.2) is 29.3 Å². The van der Waals surface area contributed by atoms with E-state index in [1.807, 2.05) is 6.08 Å². The minimum absolute atomic E-state index is 0.194. The van der Waals surface area contributed by atoms with Crippen LogP contribution in [-0.4, -0.2) is 31.1 Å². The van der Waals surface area contributed by atoms with Gasteiger partial charge in [0.15, 0.2) is 0 Å². The number of benzene rings is 1. The van der Waals surface area contributed by atoms with Gasteiger partial charge in [-0.25, -0.2) is 8.78 Å². The van der Waals surface area contributed by atoms with Crippen molar-refractivity contribution in [1.29, 1.82) is 0 Å². The highest BCUT2D eigenvalue weighted by Gasteiger charge is 2.27. The molecule has 1 aromatic rings. The van der Waals surface area contributed by atoms with Crippen LogP contribution in [0.3, 0.4) is 0 Å². The van der Waals surface area contributed by atoms with Crippen LogP contribution in [-0.2, 0) is 0 Å². The van der Waals surface area contributed by atoms with Crippen LogP contribution in [0.25, 0.3) is 0 Å². The van der Waals surface area contributed by atoms with E-state index in [0.717, 1.165) is 51.9 Å². The van der Waals surface area contributed by atoms with Gasteiger partial charge in [-0.1, -0.05) is 28.4 Å². The largest absolute Gasteiger partial charge is 0.314 e. The van der Waals surface area contributed by atoms with Crippen molar-refractivity contribution in [1.82, 2.24) is 10.2 Å². The van der Waals surface area contributed by atoms with Gasteiger partial charge < -0.3 is 5.32 Å². The number of nitrogens with one attached hydrogen (secondary N) is 1. The molecule has 0 aliphatic carbocycles. The zero-order valence-electron chi connectivity index (χ0n) is 12.8. The van der Waals surface area contributed by atoms with Crippen LogP contribution in [0.5, 0.6) is 0 Å². The Hall–Kier alpha value is -0.780. The van der Waals surface area contributed by atoms with Crippen molar-refractivity contribution in [2.24, 2.45) is 0 Å². The van der Waals surface area contributed by atoms with E-state index in [2.05, 4.69) is 32.7 Å². The second-order valence-corrected chi connectivity index (χ2v) is 6.57. The first-order chi connectivity index (χ1) is 10.6. The molecule has 0 amide bonds. The number of hydrogen-bond acceptors (Lipinski definition) is 2. The van der Waals surface area contributed by atoms with Crippen molar-refractivity contribution in [3.05, 3.63) is 46.5 Å². The maximum absolute atomic E-state index is 14.4. The molecule has 122 valence electrons. The molecule has 0 saturated carbocycles. The monoisotopic (exact) mass is 372 g/mol. The lowest BCUT2D eigenvalue weighted by molar-refractivity contribution is 0.156. The number of piperazine rings is 1. The zero-order chi connectivity index (χ0) is 15.9. The smallest absolute Gasteiger partial charge is 0.132 e. The van der Waals surface area contributed by atoms with E-state index in [1.165, 1.54) is 12.1 Å². The lowest BCUT2D eigenvalue weighted by Crippen LogP contribution is -2.45. The fourth-order valence-corrected chi connectivity index (χ4v) is 3.40. The van der Waals surface area contributed by atoms with Crippen LogP contribution < -0.4 is 5.32 Å². The van der Waals surface area contributed by atoms with E-state index in [-0.39, 0.29) is 11.6 Å². The summed E-state index contributed by atoms with van der Waals surface area (Å²) in [6.07, 6.45) is 5.55. The molecule has 22 heavy (non-hydrogen) atoms. The predicted molar refractivity (Wildman–Crippen MR) is 89.9 cm³/mol. The highest BCUT2D eigenvalue weighted by Crippen LogP contribution is 2.32. The normalized spacial score (nSPS) is 17.4. The van der Waals surface area contributed by atoms with Gasteiger partial charge in [-0.15, -0.1) is 6.58 Å². The maximum atomic E-state index is 14.4. The van der Waals surface area contributed by atoms with Gasteiger partial charge >= 0.3 is 0 Å². The minimum atomic E-state index is -0.459. The summed E-state index contributed by atoms with van der Waals surface area (Å²) in [5, 5.41) is 3.29. The van der Waals surface area contributed by atoms with Gasteiger partial charge in [-0.2, -0.15) is 0 Å². The molecule has 1 N–H and O–H groups in total. The lowest BCUT2D eigenvalue weighted by atomic mass is 9.97. The Balaban J connectivity index is 2.20. The molecule has 1 aliphatic heterocycles. The van der Waals surface area contributed by atoms with E-state index in [1.54, 1.807) is 0 Å². The molecule has 1 fully saturated rings. The first kappa shape index (κ1) is 17.6. The highest BCUT2D eigenvalue weighted by atomic mass is 79.9. The first-order valence-electron chi connectivity index (χ1n) is 7.83. The third-order valence-corrected chi connectivity index (χ3v) is 4.56. The number of halogens is 3. The third kappa shape index (κ3) is 4.61. The van der Waals surface area contributed by atoms with Gasteiger partial charge in [0.2, 0.25) is 0 Å². The maximum Gasteiger partial charge on any atom is 0.132 e. The Kier molecular flexibility index (Phi) is 6.99. The Labute approximate surface area is 139 Å². The molecule has 0 unspecified atom stereocenters. The fraction of sp³-hybridized carbons (Fsp3) is 0.529. The van der Waals surface area contributed by atoms with Crippen molar-refractivity contribution in [2.75, 3.05) is 26.2 Å². The average Bonchev–Trinajstić information content (AvgIpc) is 2.49. The summed E-state index contributed by atoms with van der Waals surface area (Å²) in [5.41, 5.74) is 0.212. The van der Waals surface area contributed by atoms with E-state index < -0.39 is 11.6 Å². The second-order valence-electron chi connectivity index (χ2n) is 5.66. The summed E-state index contributed by atoms with van der Waals surface area (Å²) in [6.45, 7) is 7.09. The number of hydrogen-bond donors (Lipinski definition) is 1. The van der Waals surface area contributed by atoms with Gasteiger partial charge in [0.1, 0.15) is 11.6 Å². The molecule has 0 spiro atoms. The topological polar surface area (TPSA) is 15.3 Å². The molecule has 1 aliphatic rings. The standard InChI is InChI=1S/C17H23BrF2N2/c1-2-3-4-5-6-16(22-9-7-21-8-10-22)17-14(19)11-13(18)12-15(17)20/h2,11-12,16,21H,1,3-10H2/t16-/m0/s1. The summed E-state index contributed by atoms with van der Waals surface area (Å²) in [5.74, 6) is -0.918. The highest BCUT2D eigenvalue weighted by molar-refractivity contribution is 9.10. The molecule has 0 aromatic heterocycles. The molecule has 1 saturated heterocycles. The quantitative estimate of drug-likeness (QED) is 0.562. The van der Waals surface area contributed by atoms with Gasteiger partial charge in [-0.3, -0.25) is 4.90 Å². The van der Waals surface area contributed by atoms with Crippen molar-refractivity contribution in [3.63, 3.8) is 0 Å². The van der Waals surface area contributed by atoms with E-state index in [4.69, 9.17) is 0 Å². The molecule has 2 nitrogen and oxygen atoms in total. The first-order valence-corrected chi connectivity index (χ1v) is 8.63. The minimum Gasteiger partial charge on any atom is -0.314 e. The number of allylic oxidation sites excluding steroid dienone is 1. The van der Waals surface area contributed by atoms with Gasteiger partial charge in [-0.05, 0) is 31.4 Å². The van der Waals surface area contributed by atoms with E-state index in [9.17, 15) is 8.78 Å². The number of nitrogens with zero attached hydrogens (tertiary/aromatic N) is 1. The lowest BCUT2D eigenvalue weighted by Gasteiger charge is -2.35. The summed E-state index contributed by atoms with van der Waals surface area (Å²) in [4.78, 5) is 2.19. The molecule has 5 heteroatoms. The van der Waals surface area contributed by atoms with Crippen LogP contribution in [0, 0.1) is 11.6 Å². The second kappa shape index (κ2) is 8.75. The SMILES string of the molecule is C=CCCCC[C@@H](c1c(F)cc(Br)cc1F)N1CCNCC1. The Morgan fingerprint density at radius 2 is 1.86 bits per heavy atom. The van der Waals surface area contributed by atoms with Crippen molar-refractivity contribution in [2.45, 2.75) is 31.7 Å². The van der Waals surface area contributed by atoms with Gasteiger partial charge in [0, 0.05) is 42.3 Å². The van der Waals surface area contributed by atoms with Crippen molar-refractivity contribution < 1.29 is 8.78 Å². The van der Waals surface area contributed by atoms with Gasteiger partial charge in [0.25, 0.3) is 0 Å². The molecular formula is C17H23BrF2N2. The molecule has 1 heterocycles. The van der Waals surface area contributed by atoms with E-state index >= 15 is 0 Å². The van der Waals surface area contributed by atoms with Gasteiger partial charge in [0.05, 0.1) is 0 Å². The molecular weight excluding hydrogens is 350 g/mol. The fourth-order valence-electron chi connectivity index (χ4n) is 3.00. The molecule has 2 rings (SSSR count). The summed E-state index contributed by atoms with van der Waals surface area (Å²) in [7, 11) is 0. The zero-order valence-corrected chi connectivity index (χ0v) is 14.3. The summed E-state index contributed by atoms with van der Waals surface area (Å²) >= 11 is 3.15. The van der Waals surface area contributed by atoms with Crippen LogP contribution in [0.2, 0.25) is 0 Å². The molecule has 1 atom stereocenters. The Morgan fingerprint density at radius 1 is 1.23 bits per heavy atom. The van der Waals surface area contributed by atoms with Crippen LogP contribution >= 0.6 is 15.9 Å². The van der Waals surface area contributed by atoms with Crippen molar-refractivity contribution >= 4 is 15.9 Å². The van der Waals surface area contributed by atoms with Crippen LogP contribution in [0.4, 0.5) is 8.78 Å². The Bertz CT molecular complexity index is 478. The molecule has 0 radical (unpaired) electrons. The van der Waals surface area contributed by atoms with Crippen LogP contribution in [0.1, 0.15) is 37.3 Å². The predicted octanol–water partition coefficient (Wildman–Crippen LogP) is 4.42. The van der Waals surface area contributed by atoms with E-state index in [0.29, 0.717) is 4.47 Å². The third-order valence-electron chi connectivity index (χ3n) is 4.11. The Morgan fingerprint density at radius 3 is 2.45 bits per heavy atom. The number of unbranched alkanes of at least 4 members (excludes halogenated alkanes) is 2. The van der Waals surface area contributed by atoms with Crippen molar-refractivity contribution in [3.8, 4) is 0 Å². The number of rotatable bonds is 7.